The summed E-state index contributed by atoms with van der Waals surface area (Å²) in [5.41, 5.74) is 2.54. The van der Waals surface area contributed by atoms with Gasteiger partial charge in [0.1, 0.15) is 17.0 Å². The molecule has 0 atom stereocenters. The van der Waals surface area contributed by atoms with Crippen LogP contribution in [0.2, 0.25) is 5.02 Å². The predicted molar refractivity (Wildman–Crippen MR) is 72.4 cm³/mol. The highest BCUT2D eigenvalue weighted by Crippen LogP contribution is 2.29. The number of halogens is 1. The molecule has 0 amide bonds. The minimum atomic E-state index is -0.436. The van der Waals surface area contributed by atoms with Crippen LogP contribution in [-0.4, -0.2) is 17.7 Å². The monoisotopic (exact) mass is 279 g/mol. The van der Waals surface area contributed by atoms with Crippen LogP contribution in [0.25, 0.3) is 11.3 Å². The maximum absolute atomic E-state index is 11.9. The number of nitrogens with zero attached hydrogens (tertiary/aromatic N) is 1. The molecule has 0 N–H and O–H groups in total. The van der Waals surface area contributed by atoms with E-state index in [0.29, 0.717) is 28.6 Å². The summed E-state index contributed by atoms with van der Waals surface area (Å²) in [6.07, 6.45) is 0. The van der Waals surface area contributed by atoms with E-state index in [1.807, 2.05) is 19.1 Å². The van der Waals surface area contributed by atoms with E-state index in [1.165, 1.54) is 0 Å². The number of rotatable bonds is 3. The SMILES string of the molecule is CCOC(=O)c1c(-c2cc(C)cc(Cl)c2)noc1C. The first kappa shape index (κ1) is 13.6. The highest BCUT2D eigenvalue weighted by molar-refractivity contribution is 6.31. The number of ether oxygens (including phenoxy) is 1. The second kappa shape index (κ2) is 5.45. The fourth-order valence-corrected chi connectivity index (χ4v) is 2.18. The average Bonchev–Trinajstić information content (AvgIpc) is 2.70. The lowest BCUT2D eigenvalue weighted by Gasteiger charge is -2.04. The fourth-order valence-electron chi connectivity index (χ4n) is 1.89. The summed E-state index contributed by atoms with van der Waals surface area (Å²) in [7, 11) is 0. The van der Waals surface area contributed by atoms with Gasteiger partial charge in [-0.1, -0.05) is 16.8 Å². The summed E-state index contributed by atoms with van der Waals surface area (Å²) in [6.45, 7) is 5.66. The molecule has 0 aliphatic rings. The summed E-state index contributed by atoms with van der Waals surface area (Å²) >= 11 is 6.03. The van der Waals surface area contributed by atoms with Crippen molar-refractivity contribution in [3.8, 4) is 11.3 Å². The molecule has 2 aromatic rings. The molecule has 0 saturated heterocycles. The minimum Gasteiger partial charge on any atom is -0.462 e. The van der Waals surface area contributed by atoms with Gasteiger partial charge in [-0.15, -0.1) is 0 Å². The second-order valence-corrected chi connectivity index (χ2v) is 4.64. The average molecular weight is 280 g/mol. The van der Waals surface area contributed by atoms with Crippen molar-refractivity contribution in [3.63, 3.8) is 0 Å². The molecule has 1 aromatic carbocycles. The Morgan fingerprint density at radius 3 is 2.74 bits per heavy atom. The van der Waals surface area contributed by atoms with E-state index >= 15 is 0 Å². The fraction of sp³-hybridized carbons (Fsp3) is 0.286. The summed E-state index contributed by atoms with van der Waals surface area (Å²) in [4.78, 5) is 11.9. The number of esters is 1. The van der Waals surface area contributed by atoms with Gasteiger partial charge in [0, 0.05) is 10.6 Å². The van der Waals surface area contributed by atoms with E-state index < -0.39 is 5.97 Å². The Morgan fingerprint density at radius 1 is 1.37 bits per heavy atom. The molecule has 0 saturated carbocycles. The van der Waals surface area contributed by atoms with Gasteiger partial charge in [0.25, 0.3) is 0 Å². The van der Waals surface area contributed by atoms with Gasteiger partial charge >= 0.3 is 5.97 Å². The van der Waals surface area contributed by atoms with Crippen molar-refractivity contribution in [3.05, 3.63) is 40.1 Å². The molecule has 0 aliphatic carbocycles. The van der Waals surface area contributed by atoms with Crippen LogP contribution in [0.5, 0.6) is 0 Å². The minimum absolute atomic E-state index is 0.303. The summed E-state index contributed by atoms with van der Waals surface area (Å²) < 4.78 is 10.1. The summed E-state index contributed by atoms with van der Waals surface area (Å²) in [5, 5.41) is 4.53. The number of hydrogen-bond donors (Lipinski definition) is 0. The van der Waals surface area contributed by atoms with Gasteiger partial charge in [-0.3, -0.25) is 0 Å². The van der Waals surface area contributed by atoms with E-state index in [2.05, 4.69) is 5.16 Å². The molecule has 5 heteroatoms. The lowest BCUT2D eigenvalue weighted by molar-refractivity contribution is 0.0525. The van der Waals surface area contributed by atoms with Crippen LogP contribution in [0, 0.1) is 13.8 Å². The molecule has 4 nitrogen and oxygen atoms in total. The van der Waals surface area contributed by atoms with Crippen LogP contribution in [0.15, 0.2) is 22.7 Å². The third-order valence-corrected chi connectivity index (χ3v) is 2.88. The quantitative estimate of drug-likeness (QED) is 0.802. The Hall–Kier alpha value is -1.81. The van der Waals surface area contributed by atoms with Crippen LogP contribution in [0.3, 0.4) is 0 Å². The normalized spacial score (nSPS) is 10.5. The van der Waals surface area contributed by atoms with Crippen LogP contribution in [0.1, 0.15) is 28.6 Å². The third-order valence-electron chi connectivity index (χ3n) is 2.66. The molecular weight excluding hydrogens is 266 g/mol. The van der Waals surface area contributed by atoms with Crippen LogP contribution in [-0.2, 0) is 4.74 Å². The van der Waals surface area contributed by atoms with E-state index in [1.54, 1.807) is 19.9 Å². The largest absolute Gasteiger partial charge is 0.462 e. The Kier molecular flexibility index (Phi) is 3.90. The molecule has 1 heterocycles. The van der Waals surface area contributed by atoms with Gasteiger partial charge in [-0.2, -0.15) is 0 Å². The highest BCUT2D eigenvalue weighted by atomic mass is 35.5. The van der Waals surface area contributed by atoms with Gasteiger partial charge in [0.05, 0.1) is 6.61 Å². The maximum atomic E-state index is 11.9. The van der Waals surface area contributed by atoms with E-state index in [4.69, 9.17) is 20.9 Å². The molecule has 0 spiro atoms. The molecule has 100 valence electrons. The van der Waals surface area contributed by atoms with Crippen LogP contribution >= 0.6 is 11.6 Å². The van der Waals surface area contributed by atoms with Gasteiger partial charge in [-0.05, 0) is 44.5 Å². The van der Waals surface area contributed by atoms with Crippen molar-refractivity contribution in [2.45, 2.75) is 20.8 Å². The highest BCUT2D eigenvalue weighted by Gasteiger charge is 2.22. The lowest BCUT2D eigenvalue weighted by Crippen LogP contribution is -2.06. The lowest BCUT2D eigenvalue weighted by atomic mass is 10.0. The van der Waals surface area contributed by atoms with Crippen molar-refractivity contribution in [2.75, 3.05) is 6.61 Å². The van der Waals surface area contributed by atoms with Gasteiger partial charge < -0.3 is 9.26 Å². The van der Waals surface area contributed by atoms with Gasteiger partial charge in [0.15, 0.2) is 0 Å². The molecule has 0 aliphatic heterocycles. The number of carbonyl (C=O) groups excluding carboxylic acids is 1. The van der Waals surface area contributed by atoms with Gasteiger partial charge in [-0.25, -0.2) is 4.79 Å². The number of aryl methyl sites for hydroxylation is 2. The van der Waals surface area contributed by atoms with Crippen molar-refractivity contribution in [2.24, 2.45) is 0 Å². The molecule has 1 aromatic heterocycles. The number of aromatic nitrogens is 1. The van der Waals surface area contributed by atoms with Crippen molar-refractivity contribution < 1.29 is 14.1 Å². The molecule has 19 heavy (non-hydrogen) atoms. The Morgan fingerprint density at radius 2 is 2.11 bits per heavy atom. The number of carbonyl (C=O) groups is 1. The first-order chi connectivity index (χ1) is 9.02. The smallest absolute Gasteiger partial charge is 0.344 e. The van der Waals surface area contributed by atoms with E-state index in [-0.39, 0.29) is 0 Å². The zero-order valence-electron chi connectivity index (χ0n) is 11.0. The Balaban J connectivity index is 2.53. The van der Waals surface area contributed by atoms with E-state index in [0.717, 1.165) is 11.1 Å². The topological polar surface area (TPSA) is 52.3 Å². The first-order valence-electron chi connectivity index (χ1n) is 5.94. The zero-order chi connectivity index (χ0) is 14.0. The zero-order valence-corrected chi connectivity index (χ0v) is 11.7. The van der Waals surface area contributed by atoms with Crippen molar-refractivity contribution in [1.29, 1.82) is 0 Å². The Bertz CT molecular complexity index is 599. The molecule has 0 unspecified atom stereocenters. The van der Waals surface area contributed by atoms with E-state index in [9.17, 15) is 4.79 Å². The third kappa shape index (κ3) is 2.79. The van der Waals surface area contributed by atoms with Crippen LogP contribution < -0.4 is 0 Å². The molecule has 0 bridgehead atoms. The molecule has 0 fully saturated rings. The molecule has 0 radical (unpaired) electrons. The number of benzene rings is 1. The second-order valence-electron chi connectivity index (χ2n) is 4.20. The summed E-state index contributed by atoms with van der Waals surface area (Å²) in [5.74, 6) is -0.0000397. The standard InChI is InChI=1S/C14H14ClNO3/c1-4-18-14(17)12-9(3)19-16-13(12)10-5-8(2)6-11(15)7-10/h5-7H,4H2,1-3H3. The van der Waals surface area contributed by atoms with Crippen molar-refractivity contribution >= 4 is 17.6 Å². The molecule has 2 rings (SSSR count). The summed E-state index contributed by atoms with van der Waals surface area (Å²) in [6, 6.07) is 5.47. The number of hydrogen-bond acceptors (Lipinski definition) is 4. The maximum Gasteiger partial charge on any atom is 0.344 e. The molecular formula is C14H14ClNO3. The van der Waals surface area contributed by atoms with Crippen molar-refractivity contribution in [1.82, 2.24) is 5.16 Å². The van der Waals surface area contributed by atoms with Gasteiger partial charge in [0.2, 0.25) is 0 Å². The van der Waals surface area contributed by atoms with Crippen LogP contribution in [0.4, 0.5) is 0 Å². The Labute approximate surface area is 116 Å². The first-order valence-corrected chi connectivity index (χ1v) is 6.31. The predicted octanol–water partition coefficient (Wildman–Crippen LogP) is 3.79.